The zero-order valence-corrected chi connectivity index (χ0v) is 17.1. The zero-order valence-electron chi connectivity index (χ0n) is 17.1. The van der Waals surface area contributed by atoms with Crippen LogP contribution in [0.15, 0.2) is 18.5 Å². The molecule has 0 spiro atoms. The molecule has 2 amide bonds. The molecule has 0 aromatic carbocycles. The summed E-state index contributed by atoms with van der Waals surface area (Å²) in [5.41, 5.74) is 0. The molecule has 1 saturated heterocycles. The highest BCUT2D eigenvalue weighted by Crippen LogP contribution is 2.09. The third kappa shape index (κ3) is 6.95. The fourth-order valence-electron chi connectivity index (χ4n) is 3.08. The molecule has 1 aliphatic rings. The SMILES string of the molecule is CCOC(=O)NC(C(=O)NCCCN1CCN(c2ncccn2)CC1)C(C)C. The van der Waals surface area contributed by atoms with Crippen LogP contribution in [-0.4, -0.2) is 78.8 Å². The van der Waals surface area contributed by atoms with Gasteiger partial charge < -0.3 is 20.3 Å². The van der Waals surface area contributed by atoms with E-state index in [1.54, 1.807) is 19.3 Å². The average Bonchev–Trinajstić information content (AvgIpc) is 2.70. The molecule has 9 heteroatoms. The molecule has 1 fully saturated rings. The number of hydrogen-bond donors (Lipinski definition) is 2. The van der Waals surface area contributed by atoms with Crippen LogP contribution in [0.4, 0.5) is 10.7 Å². The van der Waals surface area contributed by atoms with E-state index in [1.807, 2.05) is 19.9 Å². The highest BCUT2D eigenvalue weighted by Gasteiger charge is 2.24. The van der Waals surface area contributed by atoms with Gasteiger partial charge in [0.2, 0.25) is 11.9 Å². The predicted molar refractivity (Wildman–Crippen MR) is 107 cm³/mol. The molecular weight excluding hydrogens is 360 g/mol. The first-order chi connectivity index (χ1) is 13.5. The van der Waals surface area contributed by atoms with Crippen molar-refractivity contribution in [3.05, 3.63) is 18.5 Å². The van der Waals surface area contributed by atoms with Crippen LogP contribution >= 0.6 is 0 Å². The molecule has 1 aromatic heterocycles. The lowest BCUT2D eigenvalue weighted by molar-refractivity contribution is -0.124. The van der Waals surface area contributed by atoms with Crippen LogP contribution in [0, 0.1) is 5.92 Å². The van der Waals surface area contributed by atoms with Crippen LogP contribution in [0.1, 0.15) is 27.2 Å². The van der Waals surface area contributed by atoms with Gasteiger partial charge in [0.05, 0.1) is 6.61 Å². The summed E-state index contributed by atoms with van der Waals surface area (Å²) in [7, 11) is 0. The van der Waals surface area contributed by atoms with E-state index in [1.165, 1.54) is 0 Å². The number of nitrogens with zero attached hydrogens (tertiary/aromatic N) is 4. The predicted octanol–water partition coefficient (Wildman–Crippen LogP) is 0.876. The monoisotopic (exact) mass is 392 g/mol. The average molecular weight is 393 g/mol. The third-order valence-corrected chi connectivity index (χ3v) is 4.66. The molecule has 9 nitrogen and oxygen atoms in total. The van der Waals surface area contributed by atoms with E-state index >= 15 is 0 Å². The normalized spacial score (nSPS) is 15.9. The van der Waals surface area contributed by atoms with Crippen molar-refractivity contribution >= 4 is 17.9 Å². The number of alkyl carbamates (subject to hydrolysis) is 1. The number of aromatic nitrogens is 2. The molecule has 2 heterocycles. The van der Waals surface area contributed by atoms with E-state index in [2.05, 4.69) is 30.4 Å². The standard InChI is InChI=1S/C19H32N6O3/c1-4-28-19(27)23-16(15(2)3)17(26)20-9-6-10-24-11-13-25(14-12-24)18-21-7-5-8-22-18/h5,7-8,15-16H,4,6,9-14H2,1-3H3,(H,20,26)(H,23,27). The van der Waals surface area contributed by atoms with Gasteiger partial charge in [0, 0.05) is 45.1 Å². The zero-order chi connectivity index (χ0) is 20.4. The van der Waals surface area contributed by atoms with Gasteiger partial charge in [0.15, 0.2) is 0 Å². The van der Waals surface area contributed by atoms with Gasteiger partial charge in [-0.1, -0.05) is 13.8 Å². The second kappa shape index (κ2) is 11.4. The molecule has 2 rings (SSSR count). The van der Waals surface area contributed by atoms with Crippen LogP contribution in [0.3, 0.4) is 0 Å². The van der Waals surface area contributed by atoms with Crippen LogP contribution in [0.25, 0.3) is 0 Å². The minimum absolute atomic E-state index is 0.0160. The number of ether oxygens (including phenoxy) is 1. The lowest BCUT2D eigenvalue weighted by atomic mass is 10.0. The first-order valence-electron chi connectivity index (χ1n) is 9.96. The molecule has 1 atom stereocenters. The summed E-state index contributed by atoms with van der Waals surface area (Å²) in [4.78, 5) is 37.1. The van der Waals surface area contributed by atoms with Crippen molar-refractivity contribution in [1.82, 2.24) is 25.5 Å². The van der Waals surface area contributed by atoms with Gasteiger partial charge in [-0.2, -0.15) is 0 Å². The summed E-state index contributed by atoms with van der Waals surface area (Å²) in [6, 6.07) is 1.23. The van der Waals surface area contributed by atoms with Crippen LogP contribution in [0.5, 0.6) is 0 Å². The fourth-order valence-corrected chi connectivity index (χ4v) is 3.08. The number of rotatable bonds is 9. The Balaban J connectivity index is 1.65. The van der Waals surface area contributed by atoms with Crippen molar-refractivity contribution in [1.29, 1.82) is 0 Å². The molecule has 0 bridgehead atoms. The highest BCUT2D eigenvalue weighted by molar-refractivity contribution is 5.85. The maximum atomic E-state index is 12.4. The Morgan fingerprint density at radius 2 is 1.86 bits per heavy atom. The molecule has 1 aromatic rings. The van der Waals surface area contributed by atoms with Crippen molar-refractivity contribution in [2.45, 2.75) is 33.2 Å². The molecule has 156 valence electrons. The van der Waals surface area contributed by atoms with Crippen LogP contribution in [-0.2, 0) is 9.53 Å². The largest absolute Gasteiger partial charge is 0.450 e. The van der Waals surface area contributed by atoms with Gasteiger partial charge in [0.25, 0.3) is 0 Å². The molecule has 0 aliphatic carbocycles. The maximum Gasteiger partial charge on any atom is 0.407 e. The maximum absolute atomic E-state index is 12.4. The van der Waals surface area contributed by atoms with Crippen molar-refractivity contribution in [3.8, 4) is 0 Å². The van der Waals surface area contributed by atoms with E-state index in [-0.39, 0.29) is 18.4 Å². The van der Waals surface area contributed by atoms with Gasteiger partial charge in [-0.05, 0) is 31.9 Å². The second-order valence-electron chi connectivity index (χ2n) is 7.11. The topological polar surface area (TPSA) is 99.7 Å². The fraction of sp³-hybridized carbons (Fsp3) is 0.684. The van der Waals surface area contributed by atoms with Crippen LogP contribution in [0.2, 0.25) is 0 Å². The molecule has 0 radical (unpaired) electrons. The van der Waals surface area contributed by atoms with Gasteiger partial charge in [-0.3, -0.25) is 9.69 Å². The number of hydrogen-bond acceptors (Lipinski definition) is 7. The number of piperazine rings is 1. The Kier molecular flexibility index (Phi) is 8.93. The number of carbonyl (C=O) groups excluding carboxylic acids is 2. The Hall–Kier alpha value is -2.42. The van der Waals surface area contributed by atoms with Gasteiger partial charge >= 0.3 is 6.09 Å². The summed E-state index contributed by atoms with van der Waals surface area (Å²) < 4.78 is 4.87. The lowest BCUT2D eigenvalue weighted by Crippen LogP contribution is -2.50. The van der Waals surface area contributed by atoms with Gasteiger partial charge in [-0.15, -0.1) is 0 Å². The van der Waals surface area contributed by atoms with Gasteiger partial charge in [0.1, 0.15) is 6.04 Å². The minimum Gasteiger partial charge on any atom is -0.450 e. The van der Waals surface area contributed by atoms with Crippen molar-refractivity contribution in [3.63, 3.8) is 0 Å². The van der Waals surface area contributed by atoms with Crippen molar-refractivity contribution < 1.29 is 14.3 Å². The second-order valence-corrected chi connectivity index (χ2v) is 7.11. The van der Waals surface area contributed by atoms with E-state index in [0.717, 1.165) is 45.1 Å². The molecule has 28 heavy (non-hydrogen) atoms. The summed E-state index contributed by atoms with van der Waals surface area (Å²) in [5.74, 6) is 0.593. The number of carbonyl (C=O) groups is 2. The van der Waals surface area contributed by atoms with E-state index in [4.69, 9.17) is 4.74 Å². The number of nitrogens with one attached hydrogen (secondary N) is 2. The van der Waals surface area contributed by atoms with E-state index in [9.17, 15) is 9.59 Å². The van der Waals surface area contributed by atoms with Crippen molar-refractivity contribution in [2.75, 3.05) is 50.8 Å². The number of amides is 2. The number of anilines is 1. The van der Waals surface area contributed by atoms with Gasteiger partial charge in [-0.25, -0.2) is 14.8 Å². The molecule has 2 N–H and O–H groups in total. The molecule has 1 aliphatic heterocycles. The summed E-state index contributed by atoms with van der Waals surface area (Å²) in [5, 5.41) is 5.55. The Bertz CT molecular complexity index is 605. The Morgan fingerprint density at radius 3 is 2.46 bits per heavy atom. The smallest absolute Gasteiger partial charge is 0.407 e. The van der Waals surface area contributed by atoms with E-state index < -0.39 is 12.1 Å². The summed E-state index contributed by atoms with van der Waals surface area (Å²) in [6.45, 7) is 11.0. The molecule has 1 unspecified atom stereocenters. The minimum atomic E-state index is -0.589. The Labute approximate surface area is 166 Å². The molecular formula is C19H32N6O3. The highest BCUT2D eigenvalue weighted by atomic mass is 16.5. The van der Waals surface area contributed by atoms with E-state index in [0.29, 0.717) is 6.54 Å². The quantitative estimate of drug-likeness (QED) is 0.602. The van der Waals surface area contributed by atoms with Crippen molar-refractivity contribution in [2.24, 2.45) is 5.92 Å². The first kappa shape index (κ1) is 21.9. The molecule has 0 saturated carbocycles. The Morgan fingerprint density at radius 1 is 1.18 bits per heavy atom. The first-order valence-corrected chi connectivity index (χ1v) is 9.96. The summed E-state index contributed by atoms with van der Waals surface area (Å²) >= 11 is 0. The third-order valence-electron chi connectivity index (χ3n) is 4.66. The summed E-state index contributed by atoms with van der Waals surface area (Å²) in [6.07, 6.45) is 3.83. The van der Waals surface area contributed by atoms with Crippen LogP contribution < -0.4 is 15.5 Å². The lowest BCUT2D eigenvalue weighted by Gasteiger charge is -2.34.